The maximum absolute atomic E-state index is 6.31. The predicted molar refractivity (Wildman–Crippen MR) is 71.0 cm³/mol. The number of rotatable bonds is 5. The van der Waals surface area contributed by atoms with E-state index in [9.17, 15) is 0 Å². The molecule has 0 aromatic heterocycles. The molecule has 0 amide bonds. The van der Waals surface area contributed by atoms with Gasteiger partial charge < -0.3 is 10.5 Å². The molecule has 0 bridgehead atoms. The molecular formula is C15H23NO. The molecule has 1 aromatic rings. The van der Waals surface area contributed by atoms with E-state index < -0.39 is 0 Å². The van der Waals surface area contributed by atoms with E-state index in [-0.39, 0.29) is 11.6 Å². The predicted octanol–water partition coefficient (Wildman–Crippen LogP) is 3.21. The van der Waals surface area contributed by atoms with E-state index in [1.165, 1.54) is 17.5 Å². The molecule has 0 saturated heterocycles. The molecule has 0 heterocycles. The summed E-state index contributed by atoms with van der Waals surface area (Å²) < 4.78 is 5.64. The summed E-state index contributed by atoms with van der Waals surface area (Å²) in [6.07, 6.45) is 5.59. The van der Waals surface area contributed by atoms with Crippen molar-refractivity contribution in [3.8, 4) is 0 Å². The highest BCUT2D eigenvalue weighted by Gasteiger charge is 2.38. The zero-order valence-electron chi connectivity index (χ0n) is 10.9. The second kappa shape index (κ2) is 5.19. The first-order valence-electron chi connectivity index (χ1n) is 6.59. The van der Waals surface area contributed by atoms with Crippen molar-refractivity contribution in [2.75, 3.05) is 7.11 Å². The van der Waals surface area contributed by atoms with E-state index in [4.69, 9.17) is 10.5 Å². The van der Waals surface area contributed by atoms with Crippen molar-refractivity contribution < 1.29 is 4.74 Å². The Morgan fingerprint density at radius 2 is 2.18 bits per heavy atom. The summed E-state index contributed by atoms with van der Waals surface area (Å²) in [7, 11) is 1.81. The lowest BCUT2D eigenvalue weighted by Gasteiger charge is -2.42. The lowest BCUT2D eigenvalue weighted by Crippen LogP contribution is -2.41. The molecule has 1 atom stereocenters. The standard InChI is InChI=1S/C15H23NO/c1-3-12-6-4-7-13(10-12)14(16)11-15(17-2)8-5-9-15/h4,6-7,10,14H,3,5,8-9,11,16H2,1-2H3. The van der Waals surface area contributed by atoms with Crippen LogP contribution in [0.5, 0.6) is 0 Å². The Morgan fingerprint density at radius 1 is 1.41 bits per heavy atom. The average Bonchev–Trinajstić information content (AvgIpc) is 2.33. The van der Waals surface area contributed by atoms with Crippen LogP contribution in [-0.2, 0) is 11.2 Å². The number of benzene rings is 1. The van der Waals surface area contributed by atoms with Crippen LogP contribution >= 0.6 is 0 Å². The fraction of sp³-hybridized carbons (Fsp3) is 0.600. The van der Waals surface area contributed by atoms with Crippen LogP contribution in [0.4, 0.5) is 0 Å². The average molecular weight is 233 g/mol. The van der Waals surface area contributed by atoms with E-state index in [1.807, 2.05) is 7.11 Å². The Kier molecular flexibility index (Phi) is 3.85. The van der Waals surface area contributed by atoms with Crippen molar-refractivity contribution in [2.24, 2.45) is 5.73 Å². The van der Waals surface area contributed by atoms with Gasteiger partial charge in [0.05, 0.1) is 5.60 Å². The number of methoxy groups -OCH3 is 1. The Bertz CT molecular complexity index is 365. The van der Waals surface area contributed by atoms with Crippen LogP contribution in [0.3, 0.4) is 0 Å². The third-order valence-corrected chi connectivity index (χ3v) is 4.08. The largest absolute Gasteiger partial charge is 0.378 e. The molecule has 0 aliphatic heterocycles. The molecular weight excluding hydrogens is 210 g/mol. The van der Waals surface area contributed by atoms with Crippen LogP contribution in [0, 0.1) is 0 Å². The summed E-state index contributed by atoms with van der Waals surface area (Å²) in [5.41, 5.74) is 8.97. The van der Waals surface area contributed by atoms with Gasteiger partial charge in [-0.2, -0.15) is 0 Å². The van der Waals surface area contributed by atoms with Crippen LogP contribution in [0.15, 0.2) is 24.3 Å². The zero-order valence-corrected chi connectivity index (χ0v) is 10.9. The first kappa shape index (κ1) is 12.6. The van der Waals surface area contributed by atoms with Gasteiger partial charge in [0, 0.05) is 13.2 Å². The maximum Gasteiger partial charge on any atom is 0.0696 e. The third kappa shape index (κ3) is 2.70. The van der Waals surface area contributed by atoms with Crippen LogP contribution < -0.4 is 5.73 Å². The number of aryl methyl sites for hydroxylation is 1. The van der Waals surface area contributed by atoms with Gasteiger partial charge in [0.1, 0.15) is 0 Å². The van der Waals surface area contributed by atoms with Crippen molar-refractivity contribution in [1.82, 2.24) is 0 Å². The van der Waals surface area contributed by atoms with Crippen molar-refractivity contribution in [3.05, 3.63) is 35.4 Å². The van der Waals surface area contributed by atoms with Gasteiger partial charge >= 0.3 is 0 Å². The minimum atomic E-state index is 0.0572. The lowest BCUT2D eigenvalue weighted by molar-refractivity contribution is -0.0817. The minimum absolute atomic E-state index is 0.0572. The Hall–Kier alpha value is -0.860. The van der Waals surface area contributed by atoms with Gasteiger partial charge in [-0.1, -0.05) is 31.2 Å². The molecule has 1 aromatic carbocycles. The number of ether oxygens (including phenoxy) is 1. The molecule has 94 valence electrons. The zero-order chi connectivity index (χ0) is 12.3. The molecule has 17 heavy (non-hydrogen) atoms. The molecule has 1 aliphatic carbocycles. The second-order valence-electron chi connectivity index (χ2n) is 5.15. The fourth-order valence-electron chi connectivity index (χ4n) is 2.63. The highest BCUT2D eigenvalue weighted by molar-refractivity contribution is 5.26. The summed E-state index contributed by atoms with van der Waals surface area (Å²) in [5, 5.41) is 0. The maximum atomic E-state index is 6.31. The molecule has 0 spiro atoms. The summed E-state index contributed by atoms with van der Waals surface area (Å²) in [5.74, 6) is 0. The Morgan fingerprint density at radius 3 is 2.71 bits per heavy atom. The normalized spacial score (nSPS) is 19.7. The summed E-state index contributed by atoms with van der Waals surface area (Å²) in [4.78, 5) is 0. The van der Waals surface area contributed by atoms with Crippen LogP contribution in [0.2, 0.25) is 0 Å². The van der Waals surface area contributed by atoms with Gasteiger partial charge in [0.2, 0.25) is 0 Å². The summed E-state index contributed by atoms with van der Waals surface area (Å²) in [6, 6.07) is 8.72. The monoisotopic (exact) mass is 233 g/mol. The smallest absolute Gasteiger partial charge is 0.0696 e. The van der Waals surface area contributed by atoms with Gasteiger partial charge in [-0.05, 0) is 43.2 Å². The van der Waals surface area contributed by atoms with Crippen LogP contribution in [0.1, 0.15) is 49.8 Å². The Labute approximate surface area is 104 Å². The van der Waals surface area contributed by atoms with Gasteiger partial charge in [-0.15, -0.1) is 0 Å². The molecule has 2 nitrogen and oxygen atoms in total. The second-order valence-corrected chi connectivity index (χ2v) is 5.15. The SMILES string of the molecule is CCc1cccc(C(N)CC2(OC)CCC2)c1. The van der Waals surface area contributed by atoms with Crippen molar-refractivity contribution in [1.29, 1.82) is 0 Å². The summed E-state index contributed by atoms with van der Waals surface area (Å²) >= 11 is 0. The van der Waals surface area contributed by atoms with E-state index in [0.29, 0.717) is 0 Å². The van der Waals surface area contributed by atoms with Gasteiger partial charge in [0.15, 0.2) is 0 Å². The molecule has 1 aliphatic rings. The van der Waals surface area contributed by atoms with Crippen LogP contribution in [0.25, 0.3) is 0 Å². The number of hydrogen-bond donors (Lipinski definition) is 1. The molecule has 2 heteroatoms. The fourth-order valence-corrected chi connectivity index (χ4v) is 2.63. The quantitative estimate of drug-likeness (QED) is 0.847. The molecule has 0 radical (unpaired) electrons. The van der Waals surface area contributed by atoms with Gasteiger partial charge in [-0.3, -0.25) is 0 Å². The van der Waals surface area contributed by atoms with Crippen molar-refractivity contribution in [2.45, 2.75) is 50.7 Å². The highest BCUT2D eigenvalue weighted by Crippen LogP contribution is 2.41. The van der Waals surface area contributed by atoms with Crippen LogP contribution in [-0.4, -0.2) is 12.7 Å². The Balaban J connectivity index is 2.05. The highest BCUT2D eigenvalue weighted by atomic mass is 16.5. The van der Waals surface area contributed by atoms with E-state index in [1.54, 1.807) is 0 Å². The molecule has 1 unspecified atom stereocenters. The molecule has 1 saturated carbocycles. The van der Waals surface area contributed by atoms with E-state index in [2.05, 4.69) is 31.2 Å². The molecule has 1 fully saturated rings. The number of hydrogen-bond acceptors (Lipinski definition) is 2. The molecule has 2 rings (SSSR count). The topological polar surface area (TPSA) is 35.2 Å². The lowest BCUT2D eigenvalue weighted by atomic mass is 9.75. The van der Waals surface area contributed by atoms with Gasteiger partial charge in [-0.25, -0.2) is 0 Å². The van der Waals surface area contributed by atoms with Crippen molar-refractivity contribution >= 4 is 0 Å². The summed E-state index contributed by atoms with van der Waals surface area (Å²) in [6.45, 7) is 2.17. The minimum Gasteiger partial charge on any atom is -0.378 e. The number of nitrogens with two attached hydrogens (primary N) is 1. The molecule has 2 N–H and O–H groups in total. The first-order valence-corrected chi connectivity index (χ1v) is 6.59. The van der Waals surface area contributed by atoms with E-state index >= 15 is 0 Å². The van der Waals surface area contributed by atoms with Gasteiger partial charge in [0.25, 0.3) is 0 Å². The van der Waals surface area contributed by atoms with Crippen molar-refractivity contribution in [3.63, 3.8) is 0 Å². The third-order valence-electron chi connectivity index (χ3n) is 4.08. The van der Waals surface area contributed by atoms with E-state index in [0.717, 1.165) is 25.7 Å². The first-order chi connectivity index (χ1) is 8.19.